The summed E-state index contributed by atoms with van der Waals surface area (Å²) < 4.78 is 36.8. The topological polar surface area (TPSA) is 89.3 Å². The average Bonchev–Trinajstić information content (AvgIpc) is 2.40. The Morgan fingerprint density at radius 2 is 1.86 bits per heavy atom. The zero-order valence-corrected chi connectivity index (χ0v) is 13.5. The monoisotopic (exact) mass is 420 g/mol. The minimum absolute atomic E-state index is 0.118. The summed E-state index contributed by atoms with van der Waals surface area (Å²) in [6, 6.07) is 9.87. The molecule has 0 bridgehead atoms. The average molecular weight is 420 g/mol. The fourth-order valence-electron chi connectivity index (χ4n) is 1.61. The minimum Gasteiger partial charge on any atom is -0.319 e. The summed E-state index contributed by atoms with van der Waals surface area (Å²) in [7, 11) is -3.98. The highest BCUT2D eigenvalue weighted by molar-refractivity contribution is 14.1. The number of amides is 1. The summed E-state index contributed by atoms with van der Waals surface area (Å²) in [5, 5.41) is 7.30. The number of primary sulfonamides is 1. The quantitative estimate of drug-likeness (QED) is 0.748. The van der Waals surface area contributed by atoms with Crippen molar-refractivity contribution in [2.45, 2.75) is 4.90 Å². The fourth-order valence-corrected chi connectivity index (χ4v) is 2.77. The molecule has 5 nitrogen and oxygen atoms in total. The number of anilines is 1. The molecule has 21 heavy (non-hydrogen) atoms. The van der Waals surface area contributed by atoms with E-state index >= 15 is 0 Å². The van der Waals surface area contributed by atoms with E-state index < -0.39 is 21.7 Å². The van der Waals surface area contributed by atoms with E-state index in [2.05, 4.69) is 5.32 Å². The molecule has 1 amide bonds. The maximum atomic E-state index is 13.8. The summed E-state index contributed by atoms with van der Waals surface area (Å²) in [6.45, 7) is 0. The highest BCUT2D eigenvalue weighted by atomic mass is 127. The number of benzene rings is 2. The summed E-state index contributed by atoms with van der Waals surface area (Å²) in [5.74, 6) is -1.36. The van der Waals surface area contributed by atoms with Crippen LogP contribution in [-0.2, 0) is 10.0 Å². The predicted octanol–water partition coefficient (Wildman–Crippen LogP) is 2.33. The van der Waals surface area contributed by atoms with E-state index in [4.69, 9.17) is 5.14 Å². The van der Waals surface area contributed by atoms with Crippen LogP contribution in [0, 0.1) is 9.39 Å². The lowest BCUT2D eigenvalue weighted by atomic mass is 10.2. The third kappa shape index (κ3) is 3.77. The Morgan fingerprint density at radius 1 is 1.19 bits per heavy atom. The van der Waals surface area contributed by atoms with Gasteiger partial charge in [-0.1, -0.05) is 12.1 Å². The Morgan fingerprint density at radius 3 is 2.43 bits per heavy atom. The van der Waals surface area contributed by atoms with Crippen molar-refractivity contribution in [3.63, 3.8) is 0 Å². The Hall–Kier alpha value is -1.52. The summed E-state index contributed by atoms with van der Waals surface area (Å²) >= 11 is 1.99. The number of hydrogen-bond acceptors (Lipinski definition) is 3. The van der Waals surface area contributed by atoms with Crippen LogP contribution in [-0.4, -0.2) is 14.3 Å². The van der Waals surface area contributed by atoms with E-state index in [-0.39, 0.29) is 10.6 Å². The van der Waals surface area contributed by atoms with Gasteiger partial charge in [0.15, 0.2) is 0 Å². The van der Waals surface area contributed by atoms with Crippen LogP contribution in [0.15, 0.2) is 47.4 Å². The highest BCUT2D eigenvalue weighted by Gasteiger charge is 2.15. The van der Waals surface area contributed by atoms with Crippen LogP contribution in [0.1, 0.15) is 10.4 Å². The molecule has 0 aliphatic rings. The molecule has 110 valence electrons. The Labute approximate surface area is 134 Å². The van der Waals surface area contributed by atoms with E-state index in [1.807, 2.05) is 22.6 Å². The second-order valence-corrected chi connectivity index (χ2v) is 6.84. The van der Waals surface area contributed by atoms with Gasteiger partial charge in [0.1, 0.15) is 5.82 Å². The first-order valence-corrected chi connectivity index (χ1v) is 8.30. The van der Waals surface area contributed by atoms with Crippen LogP contribution in [0.4, 0.5) is 10.1 Å². The van der Waals surface area contributed by atoms with Gasteiger partial charge in [-0.25, -0.2) is 17.9 Å². The van der Waals surface area contributed by atoms with Gasteiger partial charge in [-0.3, -0.25) is 4.79 Å². The number of rotatable bonds is 3. The molecule has 2 rings (SSSR count). The molecule has 0 unspecified atom stereocenters. The van der Waals surface area contributed by atoms with Gasteiger partial charge in [-0.05, 0) is 52.9 Å². The second-order valence-electron chi connectivity index (χ2n) is 4.12. The molecule has 0 aliphatic heterocycles. The second kappa shape index (κ2) is 6.08. The Kier molecular flexibility index (Phi) is 4.59. The molecule has 0 aliphatic carbocycles. The molecule has 0 atom stereocenters. The van der Waals surface area contributed by atoms with Crippen molar-refractivity contribution < 1.29 is 17.6 Å². The molecule has 0 heterocycles. The van der Waals surface area contributed by atoms with E-state index in [0.717, 1.165) is 18.2 Å². The van der Waals surface area contributed by atoms with E-state index in [0.29, 0.717) is 9.13 Å². The number of sulfonamides is 1. The van der Waals surface area contributed by atoms with Crippen molar-refractivity contribution >= 4 is 44.2 Å². The zero-order chi connectivity index (χ0) is 15.6. The molecule has 2 aromatic carbocycles. The predicted molar refractivity (Wildman–Crippen MR) is 84.9 cm³/mol. The molecule has 0 aromatic heterocycles. The van der Waals surface area contributed by atoms with E-state index in [9.17, 15) is 17.6 Å². The molecule has 2 aromatic rings. The SMILES string of the molecule is NS(=O)(=O)c1ccc(NC(=O)c2ccccc2I)c(F)c1. The molecule has 3 N–H and O–H groups in total. The van der Waals surface area contributed by atoms with Gasteiger partial charge < -0.3 is 5.32 Å². The zero-order valence-electron chi connectivity index (χ0n) is 10.5. The Bertz CT molecular complexity index is 809. The number of nitrogens with one attached hydrogen (secondary N) is 1. The van der Waals surface area contributed by atoms with E-state index in [1.54, 1.807) is 24.3 Å². The number of halogens is 2. The van der Waals surface area contributed by atoms with Gasteiger partial charge in [0, 0.05) is 3.57 Å². The molecule has 0 fully saturated rings. The number of hydrogen-bond donors (Lipinski definition) is 2. The normalized spacial score (nSPS) is 11.2. The maximum absolute atomic E-state index is 13.8. The van der Waals surface area contributed by atoms with Gasteiger partial charge >= 0.3 is 0 Å². The van der Waals surface area contributed by atoms with Gasteiger partial charge in [-0.2, -0.15) is 0 Å². The molecular formula is C13H10FIN2O3S. The van der Waals surface area contributed by atoms with Crippen LogP contribution in [0.2, 0.25) is 0 Å². The molecule has 0 saturated carbocycles. The third-order valence-corrected chi connectivity index (χ3v) is 4.49. The van der Waals surface area contributed by atoms with Gasteiger partial charge in [-0.15, -0.1) is 0 Å². The van der Waals surface area contributed by atoms with Crippen molar-refractivity contribution in [2.24, 2.45) is 5.14 Å². The summed E-state index contributed by atoms with van der Waals surface area (Å²) in [4.78, 5) is 11.7. The molecular weight excluding hydrogens is 410 g/mol. The van der Waals surface area contributed by atoms with Gasteiger partial charge in [0.05, 0.1) is 16.1 Å². The van der Waals surface area contributed by atoms with Crippen molar-refractivity contribution in [3.8, 4) is 0 Å². The minimum atomic E-state index is -3.98. The van der Waals surface area contributed by atoms with Crippen molar-refractivity contribution in [1.82, 2.24) is 0 Å². The maximum Gasteiger partial charge on any atom is 0.256 e. The van der Waals surface area contributed by atoms with Crippen LogP contribution in [0.25, 0.3) is 0 Å². The lowest BCUT2D eigenvalue weighted by Gasteiger charge is -2.08. The first-order valence-electron chi connectivity index (χ1n) is 5.67. The Balaban J connectivity index is 2.29. The fraction of sp³-hybridized carbons (Fsp3) is 0. The molecule has 0 saturated heterocycles. The van der Waals surface area contributed by atoms with Crippen LogP contribution < -0.4 is 10.5 Å². The first kappa shape index (κ1) is 15.9. The van der Waals surface area contributed by atoms with Crippen LogP contribution in [0.5, 0.6) is 0 Å². The van der Waals surface area contributed by atoms with Crippen molar-refractivity contribution in [3.05, 3.63) is 57.4 Å². The lowest BCUT2D eigenvalue weighted by molar-refractivity contribution is 0.102. The smallest absolute Gasteiger partial charge is 0.256 e. The highest BCUT2D eigenvalue weighted by Crippen LogP contribution is 2.20. The number of carbonyl (C=O) groups excluding carboxylic acids is 1. The van der Waals surface area contributed by atoms with Gasteiger partial charge in [0.2, 0.25) is 10.0 Å². The number of carbonyl (C=O) groups is 1. The largest absolute Gasteiger partial charge is 0.319 e. The van der Waals surface area contributed by atoms with Crippen molar-refractivity contribution in [1.29, 1.82) is 0 Å². The first-order chi connectivity index (χ1) is 9.79. The van der Waals surface area contributed by atoms with Crippen LogP contribution >= 0.6 is 22.6 Å². The third-order valence-electron chi connectivity index (χ3n) is 2.64. The molecule has 0 radical (unpaired) electrons. The van der Waals surface area contributed by atoms with E-state index in [1.165, 1.54) is 0 Å². The van der Waals surface area contributed by atoms with Crippen molar-refractivity contribution in [2.75, 3.05) is 5.32 Å². The van der Waals surface area contributed by atoms with Gasteiger partial charge in [0.25, 0.3) is 5.91 Å². The number of nitrogens with two attached hydrogens (primary N) is 1. The molecule has 8 heteroatoms. The standard InChI is InChI=1S/C13H10FIN2O3S/c14-10-7-8(21(16,19)20)5-6-12(10)17-13(18)9-3-1-2-4-11(9)15/h1-7H,(H,17,18)(H2,16,19,20). The summed E-state index contributed by atoms with van der Waals surface area (Å²) in [6.07, 6.45) is 0. The lowest BCUT2D eigenvalue weighted by Crippen LogP contribution is -2.16. The molecule has 0 spiro atoms. The van der Waals surface area contributed by atoms with Crippen LogP contribution in [0.3, 0.4) is 0 Å². The summed E-state index contributed by atoms with van der Waals surface area (Å²) in [5.41, 5.74) is 0.278.